The summed E-state index contributed by atoms with van der Waals surface area (Å²) in [4.78, 5) is 5.02. The predicted octanol–water partition coefficient (Wildman–Crippen LogP) is 4.92. The molecule has 2 nitrogen and oxygen atoms in total. The Balaban J connectivity index is 2.09. The van der Waals surface area contributed by atoms with Crippen LogP contribution in [-0.4, -0.2) is 4.98 Å². The summed E-state index contributed by atoms with van der Waals surface area (Å²) in [6, 6.07) is 9.12. The molecule has 2 aromatic rings. The van der Waals surface area contributed by atoms with Crippen LogP contribution >= 0.6 is 46.6 Å². The van der Waals surface area contributed by atoms with E-state index in [9.17, 15) is 0 Å². The molecule has 2 rings (SSSR count). The number of benzene rings is 1. The lowest BCUT2D eigenvalue weighted by molar-refractivity contribution is 1.25. The summed E-state index contributed by atoms with van der Waals surface area (Å²) in [6.45, 7) is 0. The van der Waals surface area contributed by atoms with E-state index in [0.717, 1.165) is 10.5 Å². The van der Waals surface area contributed by atoms with Gasteiger partial charge in [0.15, 0.2) is 0 Å². The maximum atomic E-state index is 6.00. The van der Waals surface area contributed by atoms with Crippen LogP contribution in [0.3, 0.4) is 0 Å². The summed E-state index contributed by atoms with van der Waals surface area (Å²) in [5.41, 5.74) is 7.16. The highest BCUT2D eigenvalue weighted by Gasteiger charge is 2.05. The quantitative estimate of drug-likeness (QED) is 0.496. The number of rotatable bonds is 3. The Morgan fingerprint density at radius 2 is 1.89 bits per heavy atom. The fourth-order valence-electron chi connectivity index (χ4n) is 1.31. The van der Waals surface area contributed by atoms with E-state index in [1.165, 1.54) is 0 Å². The van der Waals surface area contributed by atoms with Crippen molar-refractivity contribution in [3.8, 4) is 0 Å². The normalized spacial score (nSPS) is 10.6. The van der Waals surface area contributed by atoms with E-state index in [4.69, 9.17) is 40.5 Å². The van der Waals surface area contributed by atoms with E-state index in [-0.39, 0.29) is 0 Å². The Labute approximate surface area is 124 Å². The molecular formula is C12H9Cl3N2S. The average molecular weight is 320 g/mol. The van der Waals surface area contributed by atoms with Gasteiger partial charge in [0.2, 0.25) is 0 Å². The van der Waals surface area contributed by atoms with Gasteiger partial charge in [-0.15, -0.1) is 11.8 Å². The highest BCUT2D eigenvalue weighted by molar-refractivity contribution is 7.98. The standard InChI is InChI=1S/C12H9Cl3N2S/c13-9-5-8(2-3-10(9)16)18-6-7-1-4-11(14)17-12(7)15/h1-5H,6,16H2. The fraction of sp³-hybridized carbons (Fsp3) is 0.0833. The first-order chi connectivity index (χ1) is 8.56. The van der Waals surface area contributed by atoms with Crippen LogP contribution < -0.4 is 5.73 Å². The molecule has 0 saturated carbocycles. The molecular weight excluding hydrogens is 311 g/mol. The molecule has 0 aliphatic heterocycles. The maximum absolute atomic E-state index is 6.00. The summed E-state index contributed by atoms with van der Waals surface area (Å²) < 4.78 is 0. The van der Waals surface area contributed by atoms with Gasteiger partial charge in [0.05, 0.1) is 10.7 Å². The third kappa shape index (κ3) is 3.45. The van der Waals surface area contributed by atoms with Crippen LogP contribution in [0.5, 0.6) is 0 Å². The zero-order valence-electron chi connectivity index (χ0n) is 9.16. The monoisotopic (exact) mass is 318 g/mol. The Morgan fingerprint density at radius 1 is 1.11 bits per heavy atom. The van der Waals surface area contributed by atoms with Gasteiger partial charge in [0, 0.05) is 10.6 Å². The van der Waals surface area contributed by atoms with Crippen molar-refractivity contribution in [2.75, 3.05) is 5.73 Å². The van der Waals surface area contributed by atoms with E-state index >= 15 is 0 Å². The highest BCUT2D eigenvalue weighted by Crippen LogP contribution is 2.30. The maximum Gasteiger partial charge on any atom is 0.134 e. The summed E-state index contributed by atoms with van der Waals surface area (Å²) in [7, 11) is 0. The molecule has 94 valence electrons. The lowest BCUT2D eigenvalue weighted by atomic mass is 10.3. The van der Waals surface area contributed by atoms with E-state index in [1.54, 1.807) is 23.9 Å². The Hall–Kier alpha value is -0.610. The highest BCUT2D eigenvalue weighted by atomic mass is 35.5. The molecule has 0 fully saturated rings. The second kappa shape index (κ2) is 6.02. The summed E-state index contributed by atoms with van der Waals surface area (Å²) >= 11 is 19.3. The van der Waals surface area contributed by atoms with Crippen molar-refractivity contribution in [1.29, 1.82) is 0 Å². The lowest BCUT2D eigenvalue weighted by Gasteiger charge is -2.05. The van der Waals surface area contributed by atoms with Crippen LogP contribution in [0.15, 0.2) is 35.2 Å². The zero-order chi connectivity index (χ0) is 13.1. The van der Waals surface area contributed by atoms with Gasteiger partial charge in [-0.3, -0.25) is 0 Å². The molecule has 1 heterocycles. The van der Waals surface area contributed by atoms with Gasteiger partial charge in [-0.2, -0.15) is 0 Å². The molecule has 18 heavy (non-hydrogen) atoms. The lowest BCUT2D eigenvalue weighted by Crippen LogP contribution is -1.88. The molecule has 1 aromatic carbocycles. The number of nitrogens with zero attached hydrogens (tertiary/aromatic N) is 1. The van der Waals surface area contributed by atoms with E-state index in [1.807, 2.05) is 18.2 Å². The second-order valence-corrected chi connectivity index (χ2v) is 5.76. The van der Waals surface area contributed by atoms with Crippen LogP contribution in [0.4, 0.5) is 5.69 Å². The number of pyridine rings is 1. The van der Waals surface area contributed by atoms with Crippen molar-refractivity contribution in [2.45, 2.75) is 10.6 Å². The van der Waals surface area contributed by atoms with E-state index in [2.05, 4.69) is 4.98 Å². The van der Waals surface area contributed by atoms with Gasteiger partial charge in [-0.1, -0.05) is 40.9 Å². The number of halogens is 3. The molecule has 2 N–H and O–H groups in total. The van der Waals surface area contributed by atoms with E-state index < -0.39 is 0 Å². The van der Waals surface area contributed by atoms with Crippen LogP contribution in [0.25, 0.3) is 0 Å². The molecule has 0 unspecified atom stereocenters. The molecule has 0 aliphatic carbocycles. The van der Waals surface area contributed by atoms with Crippen LogP contribution in [0.2, 0.25) is 15.3 Å². The first-order valence-electron chi connectivity index (χ1n) is 5.05. The first-order valence-corrected chi connectivity index (χ1v) is 7.17. The SMILES string of the molecule is Nc1ccc(SCc2ccc(Cl)nc2Cl)cc1Cl. The molecule has 0 amide bonds. The van der Waals surface area contributed by atoms with E-state index in [0.29, 0.717) is 26.8 Å². The topological polar surface area (TPSA) is 38.9 Å². The van der Waals surface area contributed by atoms with Crippen molar-refractivity contribution >= 4 is 52.3 Å². The Morgan fingerprint density at radius 3 is 2.56 bits per heavy atom. The smallest absolute Gasteiger partial charge is 0.134 e. The Kier molecular flexibility index (Phi) is 4.62. The van der Waals surface area contributed by atoms with Crippen LogP contribution in [0, 0.1) is 0 Å². The fourth-order valence-corrected chi connectivity index (χ4v) is 2.96. The largest absolute Gasteiger partial charge is 0.398 e. The number of thioether (sulfide) groups is 1. The third-order valence-electron chi connectivity index (χ3n) is 2.26. The number of aromatic nitrogens is 1. The minimum atomic E-state index is 0.393. The summed E-state index contributed by atoms with van der Waals surface area (Å²) in [5.74, 6) is 0.698. The molecule has 0 aliphatic rings. The molecule has 1 aromatic heterocycles. The molecule has 0 atom stereocenters. The minimum Gasteiger partial charge on any atom is -0.398 e. The van der Waals surface area contributed by atoms with Crippen LogP contribution in [-0.2, 0) is 5.75 Å². The molecule has 0 bridgehead atoms. The molecule has 6 heteroatoms. The summed E-state index contributed by atoms with van der Waals surface area (Å²) in [6.07, 6.45) is 0. The van der Waals surface area contributed by atoms with Crippen molar-refractivity contribution in [1.82, 2.24) is 4.98 Å². The molecule has 0 spiro atoms. The number of hydrogen-bond donors (Lipinski definition) is 1. The van der Waals surface area contributed by atoms with Gasteiger partial charge in [-0.05, 0) is 29.8 Å². The van der Waals surface area contributed by atoms with Gasteiger partial charge in [0.1, 0.15) is 10.3 Å². The van der Waals surface area contributed by atoms with Crippen molar-refractivity contribution in [3.05, 3.63) is 51.2 Å². The Bertz CT molecular complexity index is 575. The minimum absolute atomic E-state index is 0.393. The average Bonchev–Trinajstić information content (AvgIpc) is 2.32. The van der Waals surface area contributed by atoms with Crippen molar-refractivity contribution in [3.63, 3.8) is 0 Å². The van der Waals surface area contributed by atoms with Crippen molar-refractivity contribution < 1.29 is 0 Å². The van der Waals surface area contributed by atoms with Gasteiger partial charge >= 0.3 is 0 Å². The number of nitrogens with two attached hydrogens (primary N) is 1. The number of anilines is 1. The van der Waals surface area contributed by atoms with Crippen molar-refractivity contribution in [2.24, 2.45) is 0 Å². The third-order valence-corrected chi connectivity index (χ3v) is 4.17. The number of nitrogen functional groups attached to an aromatic ring is 1. The molecule has 0 radical (unpaired) electrons. The number of hydrogen-bond acceptors (Lipinski definition) is 3. The molecule has 0 saturated heterocycles. The van der Waals surface area contributed by atoms with Crippen LogP contribution in [0.1, 0.15) is 5.56 Å². The summed E-state index contributed by atoms with van der Waals surface area (Å²) in [5, 5.41) is 1.38. The predicted molar refractivity (Wildman–Crippen MR) is 79.7 cm³/mol. The van der Waals surface area contributed by atoms with Gasteiger partial charge < -0.3 is 5.73 Å². The van der Waals surface area contributed by atoms with Gasteiger partial charge in [0.25, 0.3) is 0 Å². The first kappa shape index (κ1) is 13.8. The zero-order valence-corrected chi connectivity index (χ0v) is 12.2. The van der Waals surface area contributed by atoms with Gasteiger partial charge in [-0.25, -0.2) is 4.98 Å². The second-order valence-electron chi connectivity index (χ2n) is 3.56.